The first kappa shape index (κ1) is 18.9. The average Bonchev–Trinajstić information content (AvgIpc) is 2.66. The molecule has 142 valence electrons. The number of hydrogen-bond acceptors (Lipinski definition) is 3. The summed E-state index contributed by atoms with van der Waals surface area (Å²) in [5.41, 5.74) is 1.40. The topological polar surface area (TPSA) is 52.7 Å². The Kier molecular flexibility index (Phi) is 6.67. The van der Waals surface area contributed by atoms with E-state index >= 15 is 0 Å². The lowest BCUT2D eigenvalue weighted by Gasteiger charge is -2.47. The molecule has 5 nitrogen and oxygen atoms in total. The molecule has 0 unspecified atom stereocenters. The van der Waals surface area contributed by atoms with Gasteiger partial charge in [-0.05, 0) is 37.2 Å². The summed E-state index contributed by atoms with van der Waals surface area (Å²) in [7, 11) is 0. The summed E-state index contributed by atoms with van der Waals surface area (Å²) in [5, 5.41) is 2.73. The van der Waals surface area contributed by atoms with Gasteiger partial charge in [0.05, 0.1) is 0 Å². The van der Waals surface area contributed by atoms with Crippen LogP contribution in [0.1, 0.15) is 38.2 Å². The van der Waals surface area contributed by atoms with Crippen molar-refractivity contribution in [2.24, 2.45) is 5.92 Å². The largest absolute Gasteiger partial charge is 0.356 e. The van der Waals surface area contributed by atoms with Gasteiger partial charge in [-0.1, -0.05) is 30.3 Å². The maximum absolute atomic E-state index is 12.6. The molecule has 2 atom stereocenters. The third kappa shape index (κ3) is 5.07. The van der Waals surface area contributed by atoms with Crippen LogP contribution in [0.25, 0.3) is 0 Å². The Balaban J connectivity index is 1.48. The standard InChI is InChI=1S/C21H31N3O2/c1-17(25)22-12-9-21(26)24-13-5-8-19-16-23(15-11-20(19)24)14-10-18-6-3-2-4-7-18/h2-4,6-7,19-20H,5,8-16H2,1H3,(H,22,25)/t19-,20+/m1/s1. The lowest BCUT2D eigenvalue weighted by molar-refractivity contribution is -0.138. The van der Waals surface area contributed by atoms with E-state index in [9.17, 15) is 9.59 Å². The van der Waals surface area contributed by atoms with E-state index in [1.165, 1.54) is 18.9 Å². The van der Waals surface area contributed by atoms with Gasteiger partial charge in [-0.3, -0.25) is 9.59 Å². The molecule has 2 saturated heterocycles. The lowest BCUT2D eigenvalue weighted by atomic mass is 9.83. The van der Waals surface area contributed by atoms with Crippen LogP contribution in [0.5, 0.6) is 0 Å². The number of hydrogen-bond donors (Lipinski definition) is 1. The van der Waals surface area contributed by atoms with E-state index in [1.54, 1.807) is 0 Å². The molecule has 0 radical (unpaired) electrons. The molecule has 1 aromatic rings. The predicted molar refractivity (Wildman–Crippen MR) is 103 cm³/mol. The molecule has 1 aromatic carbocycles. The SMILES string of the molecule is CC(=O)NCCC(=O)N1CCC[C@@H]2CN(CCc3ccccc3)CC[C@@H]21. The van der Waals surface area contributed by atoms with Crippen LogP contribution in [0.3, 0.4) is 0 Å². The van der Waals surface area contributed by atoms with E-state index in [4.69, 9.17) is 0 Å². The van der Waals surface area contributed by atoms with Gasteiger partial charge in [0.25, 0.3) is 0 Å². The number of benzene rings is 1. The zero-order chi connectivity index (χ0) is 18.4. The fourth-order valence-electron chi connectivity index (χ4n) is 4.41. The van der Waals surface area contributed by atoms with Gasteiger partial charge in [0.15, 0.2) is 0 Å². The molecule has 0 saturated carbocycles. The summed E-state index contributed by atoms with van der Waals surface area (Å²) in [6.07, 6.45) is 4.91. The number of nitrogens with zero attached hydrogens (tertiary/aromatic N) is 2. The van der Waals surface area contributed by atoms with Gasteiger partial charge >= 0.3 is 0 Å². The van der Waals surface area contributed by atoms with Crippen molar-refractivity contribution in [2.75, 3.05) is 32.7 Å². The first-order valence-electron chi connectivity index (χ1n) is 9.93. The van der Waals surface area contributed by atoms with Gasteiger partial charge in [0.2, 0.25) is 11.8 Å². The van der Waals surface area contributed by atoms with Crippen LogP contribution in [0, 0.1) is 5.92 Å². The number of carbonyl (C=O) groups excluding carboxylic acids is 2. The number of likely N-dealkylation sites (tertiary alicyclic amines) is 2. The molecule has 1 N–H and O–H groups in total. The predicted octanol–water partition coefficient (Wildman–Crippen LogP) is 2.07. The molecule has 0 spiro atoms. The van der Waals surface area contributed by atoms with Crippen LogP contribution in [0.4, 0.5) is 0 Å². The van der Waals surface area contributed by atoms with Crippen molar-refractivity contribution in [3.05, 3.63) is 35.9 Å². The third-order valence-electron chi connectivity index (χ3n) is 5.74. The van der Waals surface area contributed by atoms with Gasteiger partial charge in [-0.15, -0.1) is 0 Å². The van der Waals surface area contributed by atoms with Crippen LogP contribution in [-0.2, 0) is 16.0 Å². The highest BCUT2D eigenvalue weighted by molar-refractivity contribution is 5.78. The minimum atomic E-state index is -0.0685. The molecule has 26 heavy (non-hydrogen) atoms. The van der Waals surface area contributed by atoms with Crippen molar-refractivity contribution in [3.63, 3.8) is 0 Å². The average molecular weight is 357 g/mol. The van der Waals surface area contributed by atoms with E-state index in [0.29, 0.717) is 24.9 Å². The Labute approximate surface area is 156 Å². The highest BCUT2D eigenvalue weighted by atomic mass is 16.2. The molecule has 2 amide bonds. The summed E-state index contributed by atoms with van der Waals surface area (Å²) in [4.78, 5) is 28.2. The van der Waals surface area contributed by atoms with Gasteiger partial charge in [-0.2, -0.15) is 0 Å². The molecule has 5 heteroatoms. The Morgan fingerprint density at radius 2 is 1.96 bits per heavy atom. The van der Waals surface area contributed by atoms with Gasteiger partial charge < -0.3 is 15.1 Å². The molecule has 0 bridgehead atoms. The highest BCUT2D eigenvalue weighted by Gasteiger charge is 2.37. The normalized spacial score (nSPS) is 23.3. The Hall–Kier alpha value is -1.88. The summed E-state index contributed by atoms with van der Waals surface area (Å²) in [6.45, 7) is 6.10. The van der Waals surface area contributed by atoms with Crippen LogP contribution in [0.2, 0.25) is 0 Å². The van der Waals surface area contributed by atoms with E-state index in [1.807, 2.05) is 0 Å². The second-order valence-corrected chi connectivity index (χ2v) is 7.61. The maximum Gasteiger partial charge on any atom is 0.224 e. The second kappa shape index (κ2) is 9.17. The Morgan fingerprint density at radius 1 is 1.15 bits per heavy atom. The molecule has 2 heterocycles. The summed E-state index contributed by atoms with van der Waals surface area (Å²) >= 11 is 0. The van der Waals surface area contributed by atoms with Crippen LogP contribution in [-0.4, -0.2) is 60.4 Å². The van der Waals surface area contributed by atoms with Crippen molar-refractivity contribution >= 4 is 11.8 Å². The van der Waals surface area contributed by atoms with Crippen LogP contribution >= 0.6 is 0 Å². The van der Waals surface area contributed by atoms with Crippen molar-refractivity contribution < 1.29 is 9.59 Å². The minimum Gasteiger partial charge on any atom is -0.356 e. The van der Waals surface area contributed by atoms with E-state index < -0.39 is 0 Å². The number of nitrogens with one attached hydrogen (secondary N) is 1. The molecular formula is C21H31N3O2. The van der Waals surface area contributed by atoms with Gasteiger partial charge in [0.1, 0.15) is 0 Å². The van der Waals surface area contributed by atoms with Crippen LogP contribution < -0.4 is 5.32 Å². The smallest absolute Gasteiger partial charge is 0.224 e. The number of amides is 2. The van der Waals surface area contributed by atoms with E-state index in [0.717, 1.165) is 45.4 Å². The number of fused-ring (bicyclic) bond motifs is 1. The number of carbonyl (C=O) groups is 2. The Morgan fingerprint density at radius 3 is 2.73 bits per heavy atom. The lowest BCUT2D eigenvalue weighted by Crippen LogP contribution is -2.56. The van der Waals surface area contributed by atoms with Gasteiger partial charge in [-0.25, -0.2) is 0 Å². The van der Waals surface area contributed by atoms with Crippen molar-refractivity contribution in [1.82, 2.24) is 15.1 Å². The fraction of sp³-hybridized carbons (Fsp3) is 0.619. The number of piperidine rings is 2. The first-order valence-corrected chi connectivity index (χ1v) is 9.93. The second-order valence-electron chi connectivity index (χ2n) is 7.61. The maximum atomic E-state index is 12.6. The number of rotatable bonds is 6. The van der Waals surface area contributed by atoms with Gasteiger partial charge in [0, 0.05) is 52.1 Å². The minimum absolute atomic E-state index is 0.0685. The molecule has 0 aromatic heterocycles. The Bertz CT molecular complexity index is 605. The first-order chi connectivity index (χ1) is 12.6. The van der Waals surface area contributed by atoms with Crippen molar-refractivity contribution in [3.8, 4) is 0 Å². The van der Waals surface area contributed by atoms with Crippen molar-refractivity contribution in [2.45, 2.75) is 45.1 Å². The molecular weight excluding hydrogens is 326 g/mol. The van der Waals surface area contributed by atoms with Crippen LogP contribution in [0.15, 0.2) is 30.3 Å². The van der Waals surface area contributed by atoms with Crippen molar-refractivity contribution in [1.29, 1.82) is 0 Å². The summed E-state index contributed by atoms with van der Waals surface area (Å²) in [6, 6.07) is 11.1. The third-order valence-corrected chi connectivity index (χ3v) is 5.74. The zero-order valence-electron chi connectivity index (χ0n) is 15.8. The highest BCUT2D eigenvalue weighted by Crippen LogP contribution is 2.31. The fourth-order valence-corrected chi connectivity index (χ4v) is 4.41. The molecule has 3 rings (SSSR count). The monoisotopic (exact) mass is 357 g/mol. The molecule has 0 aliphatic carbocycles. The molecule has 2 aliphatic heterocycles. The van der Waals surface area contributed by atoms with E-state index in [-0.39, 0.29) is 11.8 Å². The summed E-state index contributed by atoms with van der Waals surface area (Å²) < 4.78 is 0. The zero-order valence-corrected chi connectivity index (χ0v) is 15.8. The quantitative estimate of drug-likeness (QED) is 0.848. The molecule has 2 fully saturated rings. The van der Waals surface area contributed by atoms with E-state index in [2.05, 4.69) is 45.4 Å². The molecule has 2 aliphatic rings. The summed E-state index contributed by atoms with van der Waals surface area (Å²) in [5.74, 6) is 0.727.